The average Bonchev–Trinajstić information content (AvgIpc) is 2.83. The van der Waals surface area contributed by atoms with Gasteiger partial charge in [-0.3, -0.25) is 4.79 Å². The third kappa shape index (κ3) is 6.93. The number of nitrogens with one attached hydrogen (secondary N) is 1. The maximum atomic E-state index is 13.2. The van der Waals surface area contributed by atoms with Crippen LogP contribution in [0.4, 0.5) is 5.69 Å². The molecule has 2 atom stereocenters. The summed E-state index contributed by atoms with van der Waals surface area (Å²) in [7, 11) is 0. The van der Waals surface area contributed by atoms with Crippen LogP contribution in [0.1, 0.15) is 31.8 Å². The molecule has 0 heterocycles. The van der Waals surface area contributed by atoms with Crippen molar-refractivity contribution in [3.63, 3.8) is 0 Å². The summed E-state index contributed by atoms with van der Waals surface area (Å²) in [6.45, 7) is 3.50. The summed E-state index contributed by atoms with van der Waals surface area (Å²) >= 11 is 9.31. The lowest BCUT2D eigenvalue weighted by atomic mass is 10.1. The van der Waals surface area contributed by atoms with Crippen molar-refractivity contribution >= 4 is 57.0 Å². The highest BCUT2D eigenvalue weighted by Crippen LogP contribution is 2.26. The molecule has 0 fully saturated rings. The molecule has 3 aromatic carbocycles. The van der Waals surface area contributed by atoms with Gasteiger partial charge in [-0.05, 0) is 72.2 Å². The van der Waals surface area contributed by atoms with Gasteiger partial charge in [-0.25, -0.2) is 14.4 Å². The Bertz CT molecular complexity index is 1330. The Hall–Kier alpha value is -3.69. The summed E-state index contributed by atoms with van der Waals surface area (Å²) in [6.07, 6.45) is -4.16. The number of anilines is 1. The van der Waals surface area contributed by atoms with Crippen molar-refractivity contribution in [2.45, 2.75) is 26.1 Å². The molecule has 0 aliphatic heterocycles. The number of esters is 2. The molecule has 2 N–H and O–H groups in total. The summed E-state index contributed by atoms with van der Waals surface area (Å²) in [5.41, 5.74) is 1.86. The fourth-order valence-electron chi connectivity index (χ4n) is 3.19. The lowest BCUT2D eigenvalue weighted by molar-refractivity contribution is -0.157. The minimum Gasteiger partial charge on any atom is -0.478 e. The first-order chi connectivity index (χ1) is 17.0. The Morgan fingerprint density at radius 1 is 0.833 bits per heavy atom. The summed E-state index contributed by atoms with van der Waals surface area (Å²) in [6, 6.07) is 17.1. The van der Waals surface area contributed by atoms with Crippen LogP contribution >= 0.6 is 27.5 Å². The molecule has 0 aliphatic rings. The number of carbonyl (C=O) groups excluding carboxylic acids is 3. The monoisotopic (exact) mass is 573 g/mol. The zero-order valence-electron chi connectivity index (χ0n) is 19.2. The van der Waals surface area contributed by atoms with Crippen molar-refractivity contribution in [1.82, 2.24) is 0 Å². The van der Waals surface area contributed by atoms with Crippen LogP contribution in [0.3, 0.4) is 0 Å². The molecule has 0 bridgehead atoms. The normalized spacial score (nSPS) is 12.2. The first kappa shape index (κ1) is 26.9. The van der Waals surface area contributed by atoms with Crippen molar-refractivity contribution in [3.8, 4) is 0 Å². The number of rotatable bonds is 8. The van der Waals surface area contributed by atoms with Gasteiger partial charge in [-0.1, -0.05) is 47.0 Å². The van der Waals surface area contributed by atoms with Gasteiger partial charge in [0, 0.05) is 10.2 Å². The van der Waals surface area contributed by atoms with Gasteiger partial charge in [0.15, 0.2) is 0 Å². The van der Waals surface area contributed by atoms with E-state index in [1.165, 1.54) is 36.4 Å². The van der Waals surface area contributed by atoms with Gasteiger partial charge in [0.1, 0.15) is 0 Å². The summed E-state index contributed by atoms with van der Waals surface area (Å²) in [5, 5.41) is 12.6. The zero-order chi connectivity index (χ0) is 26.4. The number of aliphatic carboxylic acids is 1. The van der Waals surface area contributed by atoms with E-state index in [-0.39, 0.29) is 21.8 Å². The SMILES string of the molecule is Cc1cccc(C(=O)O[C@H](C(=O)O)[C@@H](OC(=O)c2cccc(C)c2)C(=O)Nc2ccc(Br)c(Cl)c2)c1. The Balaban J connectivity index is 1.93. The molecule has 0 spiro atoms. The fraction of sp³-hybridized carbons (Fsp3) is 0.154. The highest BCUT2D eigenvalue weighted by Gasteiger charge is 2.41. The molecule has 10 heteroatoms. The summed E-state index contributed by atoms with van der Waals surface area (Å²) in [5.74, 6) is -4.67. The van der Waals surface area contributed by atoms with Gasteiger partial charge in [0.05, 0.1) is 16.1 Å². The average molecular weight is 575 g/mol. The van der Waals surface area contributed by atoms with E-state index in [0.717, 1.165) is 11.1 Å². The number of aryl methyl sites for hydroxylation is 2. The minimum absolute atomic E-state index is 0.0742. The molecule has 0 saturated heterocycles. The fourth-order valence-corrected chi connectivity index (χ4v) is 3.62. The van der Waals surface area contributed by atoms with Crippen LogP contribution in [-0.2, 0) is 19.1 Å². The summed E-state index contributed by atoms with van der Waals surface area (Å²) < 4.78 is 11.0. The number of carbonyl (C=O) groups is 4. The summed E-state index contributed by atoms with van der Waals surface area (Å²) in [4.78, 5) is 50.8. The van der Waals surface area contributed by atoms with Crippen LogP contribution < -0.4 is 5.32 Å². The lowest BCUT2D eigenvalue weighted by Gasteiger charge is -2.23. The van der Waals surface area contributed by atoms with E-state index in [1.54, 1.807) is 44.2 Å². The highest BCUT2D eigenvalue weighted by molar-refractivity contribution is 9.10. The Kier molecular flexibility index (Phi) is 8.84. The molecule has 0 aromatic heterocycles. The molecular weight excluding hydrogens is 554 g/mol. The van der Waals surface area contributed by atoms with Gasteiger partial charge >= 0.3 is 17.9 Å². The first-order valence-electron chi connectivity index (χ1n) is 10.6. The molecule has 36 heavy (non-hydrogen) atoms. The number of halogens is 2. The van der Waals surface area contributed by atoms with Crippen LogP contribution in [0.2, 0.25) is 5.02 Å². The molecule has 186 valence electrons. The first-order valence-corrected chi connectivity index (χ1v) is 11.8. The van der Waals surface area contributed by atoms with E-state index in [2.05, 4.69) is 21.2 Å². The van der Waals surface area contributed by atoms with Crippen molar-refractivity contribution in [3.05, 3.63) is 98.5 Å². The van der Waals surface area contributed by atoms with Crippen molar-refractivity contribution in [2.75, 3.05) is 5.32 Å². The van der Waals surface area contributed by atoms with E-state index in [0.29, 0.717) is 4.47 Å². The van der Waals surface area contributed by atoms with Crippen LogP contribution in [0, 0.1) is 13.8 Å². The van der Waals surface area contributed by atoms with Crippen molar-refractivity contribution < 1.29 is 33.8 Å². The Morgan fingerprint density at radius 3 is 1.83 bits per heavy atom. The third-order valence-electron chi connectivity index (χ3n) is 4.94. The maximum Gasteiger partial charge on any atom is 0.349 e. The molecule has 3 aromatic rings. The number of carboxylic acids is 1. The Labute approximate surface area is 220 Å². The number of amides is 1. The molecule has 8 nitrogen and oxygen atoms in total. The topological polar surface area (TPSA) is 119 Å². The van der Waals surface area contributed by atoms with Gasteiger partial charge in [0.2, 0.25) is 12.2 Å². The van der Waals surface area contributed by atoms with E-state index >= 15 is 0 Å². The number of hydrogen-bond acceptors (Lipinski definition) is 6. The zero-order valence-corrected chi connectivity index (χ0v) is 21.5. The Morgan fingerprint density at radius 2 is 1.36 bits per heavy atom. The van der Waals surface area contributed by atoms with Crippen LogP contribution in [0.15, 0.2) is 71.2 Å². The quantitative estimate of drug-likeness (QED) is 0.355. The molecule has 0 unspecified atom stereocenters. The van der Waals surface area contributed by atoms with E-state index in [9.17, 15) is 24.3 Å². The predicted octanol–water partition coefficient (Wildman–Crippen LogP) is 5.19. The smallest absolute Gasteiger partial charge is 0.349 e. The number of benzene rings is 3. The maximum absolute atomic E-state index is 13.2. The second-order valence-electron chi connectivity index (χ2n) is 7.85. The second-order valence-corrected chi connectivity index (χ2v) is 9.11. The van der Waals surface area contributed by atoms with Gasteiger partial charge < -0.3 is 19.9 Å². The van der Waals surface area contributed by atoms with Crippen molar-refractivity contribution in [2.24, 2.45) is 0 Å². The molecule has 0 aliphatic carbocycles. The highest BCUT2D eigenvalue weighted by atomic mass is 79.9. The molecule has 0 saturated carbocycles. The largest absolute Gasteiger partial charge is 0.478 e. The second kappa shape index (κ2) is 11.8. The van der Waals surface area contributed by atoms with E-state index < -0.39 is 36.0 Å². The predicted molar refractivity (Wildman–Crippen MR) is 136 cm³/mol. The molecule has 0 radical (unpaired) electrons. The van der Waals surface area contributed by atoms with Crippen LogP contribution in [0.25, 0.3) is 0 Å². The number of carboxylic acid groups (broad SMARTS) is 1. The lowest BCUT2D eigenvalue weighted by Crippen LogP contribution is -2.48. The third-order valence-corrected chi connectivity index (χ3v) is 6.17. The molecular formula is C26H21BrClNO7. The van der Waals surface area contributed by atoms with E-state index in [1.807, 2.05) is 0 Å². The van der Waals surface area contributed by atoms with Crippen molar-refractivity contribution in [1.29, 1.82) is 0 Å². The number of hydrogen-bond donors (Lipinski definition) is 2. The van der Waals surface area contributed by atoms with Gasteiger partial charge in [-0.2, -0.15) is 0 Å². The van der Waals surface area contributed by atoms with Gasteiger partial charge in [0.25, 0.3) is 5.91 Å². The number of ether oxygens (including phenoxy) is 2. The van der Waals surface area contributed by atoms with Crippen LogP contribution in [0.5, 0.6) is 0 Å². The standard InChI is InChI=1S/C26H21BrClNO7/c1-14-5-3-7-16(11-14)25(33)35-21(23(30)29-18-9-10-19(27)20(28)13-18)22(24(31)32)36-26(34)17-8-4-6-15(2)12-17/h3-13,21-22H,1-2H3,(H,29,30)(H,31,32)/t21-,22+/m1/s1. The molecule has 1 amide bonds. The minimum atomic E-state index is -2.14. The van der Waals surface area contributed by atoms with E-state index in [4.69, 9.17) is 21.1 Å². The van der Waals surface area contributed by atoms with Gasteiger partial charge in [-0.15, -0.1) is 0 Å². The van der Waals surface area contributed by atoms with Crippen LogP contribution in [-0.4, -0.2) is 41.1 Å². The molecule has 3 rings (SSSR count).